The van der Waals surface area contributed by atoms with Crippen molar-refractivity contribution in [3.05, 3.63) is 59.7 Å². The maximum absolute atomic E-state index is 13.7. The van der Waals surface area contributed by atoms with Crippen molar-refractivity contribution in [2.75, 3.05) is 43.5 Å². The summed E-state index contributed by atoms with van der Waals surface area (Å²) in [5.74, 6) is -1.92. The van der Waals surface area contributed by atoms with Gasteiger partial charge in [-0.15, -0.1) is 0 Å². The molecule has 142 valence electrons. The van der Waals surface area contributed by atoms with Crippen LogP contribution in [0.1, 0.15) is 10.4 Å². The minimum atomic E-state index is -0.818. The van der Waals surface area contributed by atoms with Crippen LogP contribution in [0.25, 0.3) is 0 Å². The number of hydrogen-bond acceptors (Lipinski definition) is 4. The quantitative estimate of drug-likeness (QED) is 0.838. The van der Waals surface area contributed by atoms with E-state index in [1.165, 1.54) is 13.2 Å². The summed E-state index contributed by atoms with van der Waals surface area (Å²) in [6.45, 7) is 1.97. The lowest BCUT2D eigenvalue weighted by molar-refractivity contribution is 0.0600. The van der Waals surface area contributed by atoms with Gasteiger partial charge in [0, 0.05) is 37.9 Å². The Kier molecular flexibility index (Phi) is 5.54. The third kappa shape index (κ3) is 4.33. The fraction of sp³-hybridized carbons (Fsp3) is 0.263. The van der Waals surface area contributed by atoms with Gasteiger partial charge in [0.2, 0.25) is 0 Å². The number of amides is 2. The van der Waals surface area contributed by atoms with Crippen LogP contribution in [0.3, 0.4) is 0 Å². The van der Waals surface area contributed by atoms with Gasteiger partial charge in [0.25, 0.3) is 0 Å². The summed E-state index contributed by atoms with van der Waals surface area (Å²) in [5.41, 5.74) is 1.26. The molecule has 0 aliphatic carbocycles. The fourth-order valence-electron chi connectivity index (χ4n) is 2.90. The summed E-state index contributed by atoms with van der Waals surface area (Å²) in [7, 11) is 1.33. The average molecular weight is 375 g/mol. The molecule has 0 spiro atoms. The Bertz CT molecular complexity index is 852. The molecule has 0 atom stereocenters. The number of carbonyl (C=O) groups is 2. The van der Waals surface area contributed by atoms with E-state index in [2.05, 4.69) is 10.2 Å². The van der Waals surface area contributed by atoms with Crippen molar-refractivity contribution in [2.45, 2.75) is 0 Å². The van der Waals surface area contributed by atoms with Crippen molar-refractivity contribution in [3.63, 3.8) is 0 Å². The second-order valence-electron chi connectivity index (χ2n) is 6.07. The van der Waals surface area contributed by atoms with E-state index in [1.807, 2.05) is 6.07 Å². The lowest BCUT2D eigenvalue weighted by atomic mass is 10.1. The van der Waals surface area contributed by atoms with Crippen molar-refractivity contribution in [1.29, 1.82) is 0 Å². The molecule has 6 nitrogen and oxygen atoms in total. The molecular formula is C19H19F2N3O3. The second-order valence-corrected chi connectivity index (χ2v) is 6.07. The maximum atomic E-state index is 13.7. The summed E-state index contributed by atoms with van der Waals surface area (Å²) in [4.78, 5) is 27.6. The Morgan fingerprint density at radius 3 is 2.44 bits per heavy atom. The van der Waals surface area contributed by atoms with Crippen molar-refractivity contribution in [1.82, 2.24) is 4.90 Å². The number of urea groups is 1. The van der Waals surface area contributed by atoms with Crippen LogP contribution in [0.5, 0.6) is 0 Å². The largest absolute Gasteiger partial charge is 0.465 e. The van der Waals surface area contributed by atoms with Crippen LogP contribution in [0.2, 0.25) is 0 Å². The first-order valence-electron chi connectivity index (χ1n) is 8.42. The predicted octanol–water partition coefficient (Wildman–Crippen LogP) is 3.11. The molecule has 0 saturated carbocycles. The SMILES string of the molecule is COC(=O)c1cccc(N2CCN(C(=O)Nc3ccc(F)cc3F)CC2)c1. The van der Waals surface area contributed by atoms with Gasteiger partial charge in [-0.05, 0) is 30.3 Å². The van der Waals surface area contributed by atoms with E-state index < -0.39 is 23.6 Å². The Morgan fingerprint density at radius 2 is 1.78 bits per heavy atom. The Balaban J connectivity index is 1.60. The van der Waals surface area contributed by atoms with Gasteiger partial charge in [0.1, 0.15) is 11.6 Å². The molecule has 1 N–H and O–H groups in total. The number of methoxy groups -OCH3 is 1. The van der Waals surface area contributed by atoms with Gasteiger partial charge < -0.3 is 19.9 Å². The van der Waals surface area contributed by atoms with Crippen LogP contribution in [0.4, 0.5) is 25.0 Å². The number of ether oxygens (including phenoxy) is 1. The van der Waals surface area contributed by atoms with Crippen LogP contribution < -0.4 is 10.2 Å². The van der Waals surface area contributed by atoms with Crippen molar-refractivity contribution < 1.29 is 23.1 Å². The molecule has 2 aromatic rings. The standard InChI is InChI=1S/C19H19F2N3O3/c1-27-18(25)13-3-2-4-15(11-13)23-7-9-24(10-8-23)19(26)22-17-6-5-14(20)12-16(17)21/h2-6,11-12H,7-10H2,1H3,(H,22,26). The minimum absolute atomic E-state index is 0.0605. The average Bonchev–Trinajstić information content (AvgIpc) is 2.69. The van der Waals surface area contributed by atoms with E-state index >= 15 is 0 Å². The number of nitrogens with one attached hydrogen (secondary N) is 1. The molecule has 0 bridgehead atoms. The molecule has 27 heavy (non-hydrogen) atoms. The molecule has 3 rings (SSSR count). The van der Waals surface area contributed by atoms with Crippen LogP contribution >= 0.6 is 0 Å². The molecular weight excluding hydrogens is 356 g/mol. The lowest BCUT2D eigenvalue weighted by Gasteiger charge is -2.36. The van der Waals surface area contributed by atoms with E-state index in [0.717, 1.165) is 17.8 Å². The topological polar surface area (TPSA) is 61.9 Å². The molecule has 0 aromatic heterocycles. The first kappa shape index (κ1) is 18.6. The minimum Gasteiger partial charge on any atom is -0.465 e. The zero-order chi connectivity index (χ0) is 19.4. The highest BCUT2D eigenvalue weighted by Crippen LogP contribution is 2.20. The van der Waals surface area contributed by atoms with Gasteiger partial charge in [-0.25, -0.2) is 18.4 Å². The molecule has 2 amide bonds. The summed E-state index contributed by atoms with van der Waals surface area (Å²) >= 11 is 0. The van der Waals surface area contributed by atoms with Gasteiger partial charge in [0.05, 0.1) is 18.4 Å². The van der Waals surface area contributed by atoms with E-state index in [9.17, 15) is 18.4 Å². The molecule has 2 aromatic carbocycles. The van der Waals surface area contributed by atoms with Gasteiger partial charge in [-0.1, -0.05) is 6.07 Å². The molecule has 1 saturated heterocycles. The molecule has 1 aliphatic heterocycles. The van der Waals surface area contributed by atoms with Crippen LogP contribution in [-0.4, -0.2) is 50.2 Å². The summed E-state index contributed by atoms with van der Waals surface area (Å²) in [6.07, 6.45) is 0. The number of anilines is 2. The van der Waals surface area contributed by atoms with Crippen molar-refractivity contribution in [2.24, 2.45) is 0 Å². The first-order chi connectivity index (χ1) is 13.0. The third-order valence-corrected chi connectivity index (χ3v) is 4.37. The molecule has 8 heteroatoms. The summed E-state index contributed by atoms with van der Waals surface area (Å²) in [6, 6.07) is 9.65. The van der Waals surface area contributed by atoms with E-state index in [-0.39, 0.29) is 5.69 Å². The number of esters is 1. The molecule has 1 heterocycles. The van der Waals surface area contributed by atoms with Gasteiger partial charge in [-0.3, -0.25) is 0 Å². The van der Waals surface area contributed by atoms with Crippen molar-refractivity contribution in [3.8, 4) is 0 Å². The Morgan fingerprint density at radius 1 is 1.04 bits per heavy atom. The molecule has 0 radical (unpaired) electrons. The summed E-state index contributed by atoms with van der Waals surface area (Å²) < 4.78 is 31.3. The zero-order valence-electron chi connectivity index (χ0n) is 14.7. The Labute approximate surface area is 155 Å². The van der Waals surface area contributed by atoms with Gasteiger partial charge in [0.15, 0.2) is 0 Å². The van der Waals surface area contributed by atoms with Crippen LogP contribution in [0.15, 0.2) is 42.5 Å². The third-order valence-electron chi connectivity index (χ3n) is 4.37. The monoisotopic (exact) mass is 375 g/mol. The van der Waals surface area contributed by atoms with Gasteiger partial charge in [-0.2, -0.15) is 0 Å². The number of halogens is 2. The highest BCUT2D eigenvalue weighted by molar-refractivity contribution is 5.91. The van der Waals surface area contributed by atoms with Crippen molar-refractivity contribution >= 4 is 23.4 Å². The normalized spacial score (nSPS) is 14.0. The first-order valence-corrected chi connectivity index (χ1v) is 8.42. The highest BCUT2D eigenvalue weighted by Gasteiger charge is 2.22. The number of benzene rings is 2. The zero-order valence-corrected chi connectivity index (χ0v) is 14.7. The van der Waals surface area contributed by atoms with Crippen LogP contribution in [-0.2, 0) is 4.74 Å². The predicted molar refractivity (Wildman–Crippen MR) is 96.9 cm³/mol. The van der Waals surface area contributed by atoms with Gasteiger partial charge >= 0.3 is 12.0 Å². The fourth-order valence-corrected chi connectivity index (χ4v) is 2.90. The summed E-state index contributed by atoms with van der Waals surface area (Å²) in [5, 5.41) is 2.46. The Hall–Kier alpha value is -3.16. The number of piperazine rings is 1. The number of carbonyl (C=O) groups excluding carboxylic acids is 2. The molecule has 1 fully saturated rings. The number of hydrogen-bond donors (Lipinski definition) is 1. The molecule has 1 aliphatic rings. The smallest absolute Gasteiger partial charge is 0.337 e. The second kappa shape index (κ2) is 8.03. The maximum Gasteiger partial charge on any atom is 0.337 e. The van der Waals surface area contributed by atoms with E-state index in [1.54, 1.807) is 23.1 Å². The van der Waals surface area contributed by atoms with Crippen LogP contribution in [0, 0.1) is 11.6 Å². The lowest BCUT2D eigenvalue weighted by Crippen LogP contribution is -2.50. The van der Waals surface area contributed by atoms with E-state index in [4.69, 9.17) is 4.74 Å². The number of nitrogens with zero attached hydrogens (tertiary/aromatic N) is 2. The van der Waals surface area contributed by atoms with E-state index in [0.29, 0.717) is 31.7 Å². The number of rotatable bonds is 3. The molecule has 0 unspecified atom stereocenters. The highest BCUT2D eigenvalue weighted by atomic mass is 19.1.